The van der Waals surface area contributed by atoms with Crippen LogP contribution >= 0.6 is 0 Å². The van der Waals surface area contributed by atoms with Gasteiger partial charge in [0.1, 0.15) is 5.57 Å². The predicted octanol–water partition coefficient (Wildman–Crippen LogP) is 0.752. The fourth-order valence-electron chi connectivity index (χ4n) is 2.10. The SMILES string of the molecule is CNC(=O)NC1=NNC(=O)C1=C1C=Cc2ccccc2N1. The lowest BCUT2D eigenvalue weighted by molar-refractivity contribution is -0.116. The molecule has 0 unspecified atom stereocenters. The summed E-state index contributed by atoms with van der Waals surface area (Å²) in [5.74, 6) is -0.182. The van der Waals surface area contributed by atoms with Gasteiger partial charge in [0, 0.05) is 12.7 Å². The van der Waals surface area contributed by atoms with E-state index < -0.39 is 6.03 Å². The van der Waals surface area contributed by atoms with E-state index in [-0.39, 0.29) is 11.7 Å². The molecular weight excluding hydrogens is 270 g/mol. The molecule has 3 amide bonds. The molecule has 3 rings (SSSR count). The average molecular weight is 283 g/mol. The molecule has 0 aromatic heterocycles. The van der Waals surface area contributed by atoms with Crippen LogP contribution in [0, 0.1) is 0 Å². The Kier molecular flexibility index (Phi) is 3.15. The number of fused-ring (bicyclic) bond motifs is 1. The van der Waals surface area contributed by atoms with Crippen molar-refractivity contribution in [2.75, 3.05) is 12.4 Å². The Balaban J connectivity index is 1.96. The number of rotatable bonds is 0. The molecule has 0 atom stereocenters. The van der Waals surface area contributed by atoms with E-state index >= 15 is 0 Å². The van der Waals surface area contributed by atoms with Crippen LogP contribution in [0.5, 0.6) is 0 Å². The van der Waals surface area contributed by atoms with Crippen LogP contribution in [0.25, 0.3) is 6.08 Å². The zero-order chi connectivity index (χ0) is 14.8. The summed E-state index contributed by atoms with van der Waals surface area (Å²) in [5, 5.41) is 11.9. The quantitative estimate of drug-likeness (QED) is 0.529. The molecule has 0 saturated carbocycles. The van der Waals surface area contributed by atoms with Crippen LogP contribution < -0.4 is 21.4 Å². The second kappa shape index (κ2) is 5.12. The number of anilines is 1. The van der Waals surface area contributed by atoms with Crippen molar-refractivity contribution < 1.29 is 9.59 Å². The molecule has 2 aliphatic rings. The maximum atomic E-state index is 11.9. The van der Waals surface area contributed by atoms with Crippen molar-refractivity contribution in [3.05, 3.63) is 47.2 Å². The van der Waals surface area contributed by atoms with Crippen LogP contribution in [0.4, 0.5) is 10.5 Å². The van der Waals surface area contributed by atoms with Crippen molar-refractivity contribution >= 4 is 29.5 Å². The molecule has 0 saturated heterocycles. The van der Waals surface area contributed by atoms with E-state index in [1.165, 1.54) is 7.05 Å². The molecule has 21 heavy (non-hydrogen) atoms. The standard InChI is InChI=1S/C14H13N5O2/c1-15-14(21)17-12-11(13(20)19-18-12)10-7-6-8-4-2-3-5-9(8)16-10/h2-7,16H,1H3,(H,19,20)(H2,15,17,18,21). The molecule has 0 radical (unpaired) electrons. The fraction of sp³-hybridized carbons (Fsp3) is 0.0714. The zero-order valence-corrected chi connectivity index (χ0v) is 11.2. The van der Waals surface area contributed by atoms with E-state index in [4.69, 9.17) is 0 Å². The van der Waals surface area contributed by atoms with E-state index in [9.17, 15) is 9.59 Å². The van der Waals surface area contributed by atoms with E-state index in [1.807, 2.05) is 30.3 Å². The lowest BCUT2D eigenvalue weighted by Crippen LogP contribution is -2.38. The highest BCUT2D eigenvalue weighted by molar-refractivity contribution is 6.27. The molecule has 4 N–H and O–H groups in total. The number of nitrogens with zero attached hydrogens (tertiary/aromatic N) is 1. The molecule has 7 heteroatoms. The van der Waals surface area contributed by atoms with Crippen LogP contribution in [-0.2, 0) is 4.79 Å². The minimum absolute atomic E-state index is 0.186. The summed E-state index contributed by atoms with van der Waals surface area (Å²) in [4.78, 5) is 23.3. The van der Waals surface area contributed by atoms with Crippen molar-refractivity contribution in [3.63, 3.8) is 0 Å². The van der Waals surface area contributed by atoms with Gasteiger partial charge in [-0.2, -0.15) is 5.10 Å². The van der Waals surface area contributed by atoms with Crippen LogP contribution in [0.15, 0.2) is 46.7 Å². The van der Waals surface area contributed by atoms with E-state index in [2.05, 4.69) is 26.5 Å². The summed E-state index contributed by atoms with van der Waals surface area (Å²) in [6.45, 7) is 0. The summed E-state index contributed by atoms with van der Waals surface area (Å²) >= 11 is 0. The van der Waals surface area contributed by atoms with Crippen LogP contribution in [-0.4, -0.2) is 24.8 Å². The number of hydrogen-bond acceptors (Lipinski definition) is 4. The Hall–Kier alpha value is -3.09. The number of benzene rings is 1. The maximum Gasteiger partial charge on any atom is 0.320 e. The molecule has 2 aliphatic heterocycles. The molecule has 1 aromatic carbocycles. The average Bonchev–Trinajstić information content (AvgIpc) is 2.87. The number of amidine groups is 1. The summed E-state index contributed by atoms with van der Waals surface area (Å²) in [5.41, 5.74) is 5.14. The minimum Gasteiger partial charge on any atom is -0.354 e. The number of nitrogens with one attached hydrogen (secondary N) is 4. The van der Waals surface area contributed by atoms with E-state index in [1.54, 1.807) is 6.08 Å². The molecule has 106 valence electrons. The third-order valence-corrected chi connectivity index (χ3v) is 3.12. The first-order valence-electron chi connectivity index (χ1n) is 6.34. The first-order chi connectivity index (χ1) is 10.2. The number of allylic oxidation sites excluding steroid dienone is 1. The van der Waals surface area contributed by atoms with Gasteiger partial charge in [-0.1, -0.05) is 24.3 Å². The number of para-hydroxylation sites is 1. The highest BCUT2D eigenvalue weighted by Gasteiger charge is 2.28. The first kappa shape index (κ1) is 12.9. The molecule has 0 fully saturated rings. The van der Waals surface area contributed by atoms with Gasteiger partial charge in [-0.3, -0.25) is 10.1 Å². The zero-order valence-electron chi connectivity index (χ0n) is 11.2. The Morgan fingerprint density at radius 3 is 2.86 bits per heavy atom. The number of carbonyl (C=O) groups excluding carboxylic acids is 2. The molecule has 0 aliphatic carbocycles. The second-order valence-electron chi connectivity index (χ2n) is 4.44. The highest BCUT2D eigenvalue weighted by atomic mass is 16.2. The Morgan fingerprint density at radius 2 is 2.05 bits per heavy atom. The third-order valence-electron chi connectivity index (χ3n) is 3.12. The molecule has 1 aromatic rings. The van der Waals surface area contributed by atoms with Crippen molar-refractivity contribution in [1.82, 2.24) is 16.1 Å². The van der Waals surface area contributed by atoms with Gasteiger partial charge >= 0.3 is 6.03 Å². The molecule has 2 heterocycles. The highest BCUT2D eigenvalue weighted by Crippen LogP contribution is 2.26. The number of hydrazone groups is 1. The molecule has 7 nitrogen and oxygen atoms in total. The van der Waals surface area contributed by atoms with Gasteiger partial charge in [0.2, 0.25) is 0 Å². The first-order valence-corrected chi connectivity index (χ1v) is 6.34. The molecular formula is C14H13N5O2. The maximum absolute atomic E-state index is 11.9. The smallest absolute Gasteiger partial charge is 0.320 e. The van der Waals surface area contributed by atoms with Crippen molar-refractivity contribution in [2.24, 2.45) is 5.10 Å². The van der Waals surface area contributed by atoms with E-state index in [0.29, 0.717) is 11.3 Å². The third kappa shape index (κ3) is 2.36. The lowest BCUT2D eigenvalue weighted by Gasteiger charge is -2.17. The van der Waals surface area contributed by atoms with Crippen LogP contribution in [0.3, 0.4) is 0 Å². The monoisotopic (exact) mass is 283 g/mol. The predicted molar refractivity (Wildman–Crippen MR) is 79.3 cm³/mol. The van der Waals surface area contributed by atoms with Gasteiger partial charge in [-0.15, -0.1) is 0 Å². The van der Waals surface area contributed by atoms with Gasteiger partial charge in [0.25, 0.3) is 5.91 Å². The topological polar surface area (TPSA) is 94.6 Å². The summed E-state index contributed by atoms with van der Waals surface area (Å²) < 4.78 is 0. The Bertz CT molecular complexity index is 718. The normalized spacial score (nSPS) is 19.3. The number of urea groups is 1. The Morgan fingerprint density at radius 1 is 1.24 bits per heavy atom. The Labute approximate surface area is 120 Å². The summed E-state index contributed by atoms with van der Waals surface area (Å²) in [6, 6.07) is 7.27. The van der Waals surface area contributed by atoms with Crippen molar-refractivity contribution in [2.45, 2.75) is 0 Å². The largest absolute Gasteiger partial charge is 0.354 e. The van der Waals surface area contributed by atoms with Gasteiger partial charge < -0.3 is 10.6 Å². The minimum atomic E-state index is -0.441. The van der Waals surface area contributed by atoms with Gasteiger partial charge in [0.15, 0.2) is 5.84 Å². The number of amides is 3. The summed E-state index contributed by atoms with van der Waals surface area (Å²) in [6.07, 6.45) is 3.68. The van der Waals surface area contributed by atoms with Crippen molar-refractivity contribution in [1.29, 1.82) is 0 Å². The van der Waals surface area contributed by atoms with Crippen LogP contribution in [0.1, 0.15) is 5.56 Å². The number of hydrogen-bond donors (Lipinski definition) is 4. The van der Waals surface area contributed by atoms with Gasteiger partial charge in [-0.25, -0.2) is 10.2 Å². The van der Waals surface area contributed by atoms with Crippen LogP contribution in [0.2, 0.25) is 0 Å². The number of carbonyl (C=O) groups is 2. The lowest BCUT2D eigenvalue weighted by atomic mass is 10.0. The fourth-order valence-corrected chi connectivity index (χ4v) is 2.10. The molecule has 0 bridgehead atoms. The molecule has 0 spiro atoms. The van der Waals surface area contributed by atoms with Gasteiger partial charge in [0.05, 0.1) is 5.70 Å². The second-order valence-corrected chi connectivity index (χ2v) is 4.44. The van der Waals surface area contributed by atoms with E-state index in [0.717, 1.165) is 11.3 Å². The van der Waals surface area contributed by atoms with Crippen molar-refractivity contribution in [3.8, 4) is 0 Å². The van der Waals surface area contributed by atoms with Gasteiger partial charge in [-0.05, 0) is 17.7 Å². The summed E-state index contributed by atoms with van der Waals surface area (Å²) in [7, 11) is 1.49.